The van der Waals surface area contributed by atoms with E-state index >= 15 is 0 Å². The summed E-state index contributed by atoms with van der Waals surface area (Å²) in [5, 5.41) is 6.75. The molecule has 0 saturated carbocycles. The first kappa shape index (κ1) is 13.7. The molecular weight excluding hydrogens is 253 g/mol. The average Bonchev–Trinajstić information content (AvgIpc) is 3.00. The van der Waals surface area contributed by atoms with E-state index in [9.17, 15) is 4.39 Å². The zero-order chi connectivity index (χ0) is 13.8. The number of nitrogens with zero attached hydrogens (tertiary/aromatic N) is 1. The maximum Gasteiger partial charge on any atom is 0.148 e. The van der Waals surface area contributed by atoms with Gasteiger partial charge in [-0.15, -0.1) is 0 Å². The van der Waals surface area contributed by atoms with Gasteiger partial charge in [0.15, 0.2) is 0 Å². The number of hydrogen-bond donors (Lipinski definition) is 2. The first-order chi connectivity index (χ1) is 9.83. The Bertz CT molecular complexity index is 437. The number of halogens is 1. The van der Waals surface area contributed by atoms with Gasteiger partial charge in [-0.05, 0) is 62.9 Å². The highest BCUT2D eigenvalue weighted by atomic mass is 19.1. The van der Waals surface area contributed by atoms with Crippen molar-refractivity contribution in [1.29, 1.82) is 0 Å². The molecule has 2 heterocycles. The lowest BCUT2D eigenvalue weighted by Crippen LogP contribution is -2.31. The number of anilines is 2. The zero-order valence-electron chi connectivity index (χ0n) is 12.0. The molecule has 1 aromatic carbocycles. The summed E-state index contributed by atoms with van der Waals surface area (Å²) in [7, 11) is 0. The first-order valence-electron chi connectivity index (χ1n) is 7.82. The quantitative estimate of drug-likeness (QED) is 0.886. The number of rotatable bonds is 4. The number of nitrogens with one attached hydrogen (secondary N) is 2. The second-order valence-electron chi connectivity index (χ2n) is 5.93. The van der Waals surface area contributed by atoms with E-state index in [1.165, 1.54) is 25.7 Å². The molecule has 0 amide bonds. The predicted molar refractivity (Wildman–Crippen MR) is 81.9 cm³/mol. The fraction of sp³-hybridized carbons (Fsp3) is 0.625. The van der Waals surface area contributed by atoms with Crippen molar-refractivity contribution >= 4 is 11.4 Å². The van der Waals surface area contributed by atoms with E-state index in [2.05, 4.69) is 15.5 Å². The Morgan fingerprint density at radius 3 is 2.65 bits per heavy atom. The largest absolute Gasteiger partial charge is 0.385 e. The van der Waals surface area contributed by atoms with Crippen LogP contribution in [0.5, 0.6) is 0 Å². The lowest BCUT2D eigenvalue weighted by atomic mass is 9.98. The van der Waals surface area contributed by atoms with Crippen LogP contribution in [-0.4, -0.2) is 32.7 Å². The van der Waals surface area contributed by atoms with Crippen molar-refractivity contribution in [2.75, 3.05) is 42.9 Å². The smallest absolute Gasteiger partial charge is 0.148 e. The van der Waals surface area contributed by atoms with E-state index in [0.717, 1.165) is 44.1 Å². The van der Waals surface area contributed by atoms with Gasteiger partial charge >= 0.3 is 0 Å². The lowest BCUT2D eigenvalue weighted by molar-refractivity contribution is 0.390. The molecule has 0 unspecified atom stereocenters. The molecule has 0 spiro atoms. The first-order valence-corrected chi connectivity index (χ1v) is 7.82. The van der Waals surface area contributed by atoms with E-state index in [1.54, 1.807) is 6.07 Å². The third-order valence-electron chi connectivity index (χ3n) is 4.45. The molecular formula is C16H24FN3. The summed E-state index contributed by atoms with van der Waals surface area (Å²) in [6.45, 7) is 5.13. The summed E-state index contributed by atoms with van der Waals surface area (Å²) in [5.74, 6) is 0.611. The maximum atomic E-state index is 14.2. The molecule has 2 N–H and O–H groups in total. The predicted octanol–water partition coefficient (Wildman–Crippen LogP) is 2.84. The number of piperidine rings is 1. The molecule has 3 rings (SSSR count). The van der Waals surface area contributed by atoms with Crippen LogP contribution >= 0.6 is 0 Å². The molecule has 2 aliphatic rings. The van der Waals surface area contributed by atoms with Gasteiger partial charge in [0.2, 0.25) is 0 Å². The Labute approximate surface area is 120 Å². The highest BCUT2D eigenvalue weighted by Crippen LogP contribution is 2.26. The van der Waals surface area contributed by atoms with Crippen LogP contribution in [0, 0.1) is 11.7 Å². The van der Waals surface area contributed by atoms with Crippen LogP contribution in [0.2, 0.25) is 0 Å². The Morgan fingerprint density at radius 1 is 1.20 bits per heavy atom. The normalized spacial score (nSPS) is 20.4. The van der Waals surface area contributed by atoms with Gasteiger partial charge < -0.3 is 15.5 Å². The van der Waals surface area contributed by atoms with Crippen molar-refractivity contribution in [2.45, 2.75) is 25.7 Å². The Kier molecular flexibility index (Phi) is 4.41. The van der Waals surface area contributed by atoms with Gasteiger partial charge in [0.25, 0.3) is 0 Å². The monoisotopic (exact) mass is 277 g/mol. The van der Waals surface area contributed by atoms with E-state index in [0.29, 0.717) is 5.92 Å². The average molecular weight is 277 g/mol. The van der Waals surface area contributed by atoms with Crippen LogP contribution in [0.25, 0.3) is 0 Å². The SMILES string of the molecule is Fc1cc(NCC2CCNCC2)ccc1N1CCCC1. The van der Waals surface area contributed by atoms with Gasteiger partial charge in [0, 0.05) is 25.3 Å². The Hall–Kier alpha value is -1.29. The fourth-order valence-electron chi connectivity index (χ4n) is 3.18. The third-order valence-corrected chi connectivity index (χ3v) is 4.45. The summed E-state index contributed by atoms with van der Waals surface area (Å²) >= 11 is 0. The summed E-state index contributed by atoms with van der Waals surface area (Å²) in [6, 6.07) is 5.58. The van der Waals surface area contributed by atoms with E-state index in [4.69, 9.17) is 0 Å². The topological polar surface area (TPSA) is 27.3 Å². The van der Waals surface area contributed by atoms with Gasteiger partial charge in [-0.1, -0.05) is 0 Å². The van der Waals surface area contributed by atoms with Gasteiger partial charge in [0.05, 0.1) is 5.69 Å². The minimum atomic E-state index is -0.0952. The van der Waals surface area contributed by atoms with Crippen LogP contribution in [0.15, 0.2) is 18.2 Å². The van der Waals surface area contributed by atoms with E-state index in [-0.39, 0.29) is 5.82 Å². The van der Waals surface area contributed by atoms with Crippen LogP contribution in [0.1, 0.15) is 25.7 Å². The molecule has 0 aliphatic carbocycles. The summed E-state index contributed by atoms with van der Waals surface area (Å²) in [6.07, 6.45) is 4.77. The molecule has 110 valence electrons. The molecule has 0 atom stereocenters. The van der Waals surface area contributed by atoms with Crippen molar-refractivity contribution in [1.82, 2.24) is 5.32 Å². The van der Waals surface area contributed by atoms with Crippen LogP contribution < -0.4 is 15.5 Å². The van der Waals surface area contributed by atoms with Crippen LogP contribution in [-0.2, 0) is 0 Å². The van der Waals surface area contributed by atoms with Gasteiger partial charge in [-0.3, -0.25) is 0 Å². The standard InChI is InChI=1S/C16H24FN3/c17-15-11-14(19-12-13-5-7-18-8-6-13)3-4-16(15)20-9-1-2-10-20/h3-4,11,13,18-19H,1-2,5-10,12H2. The van der Waals surface area contributed by atoms with Gasteiger partial charge in [0.1, 0.15) is 5.82 Å². The van der Waals surface area contributed by atoms with Crippen LogP contribution in [0.4, 0.5) is 15.8 Å². The second-order valence-corrected chi connectivity index (χ2v) is 5.93. The summed E-state index contributed by atoms with van der Waals surface area (Å²) in [5.41, 5.74) is 1.67. The Balaban J connectivity index is 1.58. The minimum absolute atomic E-state index is 0.0952. The molecule has 2 aliphatic heterocycles. The number of hydrogen-bond acceptors (Lipinski definition) is 3. The maximum absolute atomic E-state index is 14.2. The molecule has 3 nitrogen and oxygen atoms in total. The molecule has 2 saturated heterocycles. The molecule has 0 aromatic heterocycles. The number of benzene rings is 1. The van der Waals surface area contributed by atoms with Crippen molar-refractivity contribution < 1.29 is 4.39 Å². The van der Waals surface area contributed by atoms with Crippen molar-refractivity contribution in [3.63, 3.8) is 0 Å². The molecule has 4 heteroatoms. The molecule has 0 bridgehead atoms. The molecule has 2 fully saturated rings. The minimum Gasteiger partial charge on any atom is -0.385 e. The third kappa shape index (κ3) is 3.23. The summed E-state index contributed by atoms with van der Waals surface area (Å²) < 4.78 is 14.2. The molecule has 0 radical (unpaired) electrons. The molecule has 20 heavy (non-hydrogen) atoms. The fourth-order valence-corrected chi connectivity index (χ4v) is 3.18. The van der Waals surface area contributed by atoms with E-state index in [1.807, 2.05) is 12.1 Å². The highest BCUT2D eigenvalue weighted by Gasteiger charge is 2.17. The van der Waals surface area contributed by atoms with Crippen molar-refractivity contribution in [3.8, 4) is 0 Å². The summed E-state index contributed by atoms with van der Waals surface area (Å²) in [4.78, 5) is 2.14. The lowest BCUT2D eigenvalue weighted by Gasteiger charge is -2.23. The Morgan fingerprint density at radius 2 is 1.95 bits per heavy atom. The highest BCUT2D eigenvalue weighted by molar-refractivity contribution is 5.56. The van der Waals surface area contributed by atoms with Crippen molar-refractivity contribution in [2.24, 2.45) is 5.92 Å². The zero-order valence-corrected chi connectivity index (χ0v) is 12.0. The molecule has 1 aromatic rings. The van der Waals surface area contributed by atoms with Crippen LogP contribution in [0.3, 0.4) is 0 Å². The second kappa shape index (κ2) is 6.44. The van der Waals surface area contributed by atoms with Crippen molar-refractivity contribution in [3.05, 3.63) is 24.0 Å². The van der Waals surface area contributed by atoms with Gasteiger partial charge in [-0.25, -0.2) is 4.39 Å². The van der Waals surface area contributed by atoms with E-state index < -0.39 is 0 Å². The van der Waals surface area contributed by atoms with Gasteiger partial charge in [-0.2, -0.15) is 0 Å².